The van der Waals surface area contributed by atoms with Crippen LogP contribution in [0.1, 0.15) is 70.9 Å². The first-order valence-electron chi connectivity index (χ1n) is 14.6. The van der Waals surface area contributed by atoms with E-state index in [4.69, 9.17) is 14.2 Å². The fourth-order valence-corrected chi connectivity index (χ4v) is 5.25. The molecule has 3 heterocycles. The predicted molar refractivity (Wildman–Crippen MR) is 164 cm³/mol. The topological polar surface area (TPSA) is 71.4 Å². The zero-order valence-corrected chi connectivity index (χ0v) is 24.7. The van der Waals surface area contributed by atoms with Crippen LogP contribution in [0.2, 0.25) is 0 Å². The molecule has 6 heteroatoms. The minimum absolute atomic E-state index is 0.0866. The number of hydrogen-bond donors (Lipinski definition) is 2. The van der Waals surface area contributed by atoms with Crippen LogP contribution in [0.4, 0.5) is 0 Å². The Morgan fingerprint density at radius 2 is 1.62 bits per heavy atom. The van der Waals surface area contributed by atoms with Crippen molar-refractivity contribution in [3.63, 3.8) is 0 Å². The van der Waals surface area contributed by atoms with Crippen molar-refractivity contribution in [2.45, 2.75) is 72.0 Å². The Balaban J connectivity index is 0.000000215. The molecule has 218 valence electrons. The molecule has 3 aliphatic heterocycles. The highest BCUT2D eigenvalue weighted by Gasteiger charge is 2.33. The van der Waals surface area contributed by atoms with Gasteiger partial charge in [-0.25, -0.2) is 0 Å². The highest BCUT2D eigenvalue weighted by atomic mass is 16.5. The molecule has 3 aliphatic rings. The van der Waals surface area contributed by atoms with E-state index in [9.17, 15) is 10.2 Å². The van der Waals surface area contributed by atoms with Crippen molar-refractivity contribution in [1.29, 1.82) is 0 Å². The van der Waals surface area contributed by atoms with Gasteiger partial charge >= 0.3 is 0 Å². The van der Waals surface area contributed by atoms with Gasteiger partial charge in [0.15, 0.2) is 0 Å². The lowest BCUT2D eigenvalue weighted by Gasteiger charge is -2.34. The Bertz CT molecular complexity index is 1150. The summed E-state index contributed by atoms with van der Waals surface area (Å²) in [6.45, 7) is 16.4. The van der Waals surface area contributed by atoms with Crippen LogP contribution in [0, 0.1) is 0 Å². The maximum Gasteiger partial charge on any atom is 0.131 e. The molecule has 5 rings (SSSR count). The number of benzene rings is 2. The second-order valence-electron chi connectivity index (χ2n) is 10.3. The lowest BCUT2D eigenvalue weighted by atomic mass is 9.85. The molecule has 2 aromatic rings. The molecule has 2 unspecified atom stereocenters. The van der Waals surface area contributed by atoms with Crippen molar-refractivity contribution in [3.05, 3.63) is 72.3 Å². The molecule has 2 aromatic carbocycles. The summed E-state index contributed by atoms with van der Waals surface area (Å²) in [5, 5.41) is 19.3. The molecule has 0 aliphatic carbocycles. The van der Waals surface area contributed by atoms with E-state index in [1.165, 1.54) is 38.8 Å². The van der Waals surface area contributed by atoms with Gasteiger partial charge in [-0.05, 0) is 77.4 Å². The molecule has 1 saturated heterocycles. The van der Waals surface area contributed by atoms with Crippen molar-refractivity contribution in [2.75, 3.05) is 32.8 Å². The zero-order chi connectivity index (χ0) is 28.9. The first kappa shape index (κ1) is 31.3. The van der Waals surface area contributed by atoms with Crippen LogP contribution >= 0.6 is 0 Å². The number of hydrogen-bond acceptors (Lipinski definition) is 6. The Morgan fingerprint density at radius 3 is 2.25 bits per heavy atom. The molecule has 0 saturated carbocycles. The molecule has 2 atom stereocenters. The van der Waals surface area contributed by atoms with Crippen LogP contribution in [-0.4, -0.2) is 60.2 Å². The molecular weight excluding hydrogens is 502 g/mol. The number of aromatic hydroxyl groups is 2. The normalized spacial score (nSPS) is 18.8. The quantitative estimate of drug-likeness (QED) is 0.362. The summed E-state index contributed by atoms with van der Waals surface area (Å²) in [6.07, 6.45) is 12.4. The third kappa shape index (κ3) is 8.64. The van der Waals surface area contributed by atoms with Gasteiger partial charge < -0.3 is 29.3 Å². The van der Waals surface area contributed by atoms with Crippen molar-refractivity contribution >= 4 is 11.1 Å². The number of phenolic OH excluding ortho intramolecular Hbond substituents is 2. The number of likely N-dealkylation sites (tertiary alicyclic amines) is 1. The Labute approximate surface area is 240 Å². The monoisotopic (exact) mass is 549 g/mol. The summed E-state index contributed by atoms with van der Waals surface area (Å²) in [5.74, 6) is 1.76. The summed E-state index contributed by atoms with van der Waals surface area (Å²) in [5.41, 5.74) is 4.12. The number of rotatable bonds is 6. The van der Waals surface area contributed by atoms with Crippen LogP contribution in [0.5, 0.6) is 23.0 Å². The lowest BCUT2D eigenvalue weighted by molar-refractivity contribution is 0.0751. The van der Waals surface area contributed by atoms with Crippen LogP contribution < -0.4 is 9.47 Å². The molecule has 2 N–H and O–H groups in total. The van der Waals surface area contributed by atoms with E-state index in [0.29, 0.717) is 18.1 Å². The summed E-state index contributed by atoms with van der Waals surface area (Å²) in [4.78, 5) is 2.54. The van der Waals surface area contributed by atoms with E-state index >= 15 is 0 Å². The molecule has 0 spiro atoms. The minimum atomic E-state index is -0.0866. The second-order valence-corrected chi connectivity index (χ2v) is 10.3. The maximum absolute atomic E-state index is 9.68. The molecular formula is C34H47NO5. The summed E-state index contributed by atoms with van der Waals surface area (Å²) < 4.78 is 17.6. The van der Waals surface area contributed by atoms with Gasteiger partial charge in [0.05, 0.1) is 12.7 Å². The van der Waals surface area contributed by atoms with Gasteiger partial charge in [-0.1, -0.05) is 38.0 Å². The number of allylic oxidation sites excluding steroid dienone is 2. The van der Waals surface area contributed by atoms with E-state index in [1.807, 2.05) is 26.0 Å². The first-order chi connectivity index (χ1) is 19.4. The zero-order valence-electron chi connectivity index (χ0n) is 24.7. The molecule has 0 bridgehead atoms. The third-order valence-corrected chi connectivity index (χ3v) is 7.16. The van der Waals surface area contributed by atoms with Gasteiger partial charge in [0.1, 0.15) is 35.7 Å². The van der Waals surface area contributed by atoms with Crippen molar-refractivity contribution in [3.8, 4) is 23.0 Å². The summed E-state index contributed by atoms with van der Waals surface area (Å²) in [6, 6.07) is 10.3. The Morgan fingerprint density at radius 1 is 1.00 bits per heavy atom. The average Bonchev–Trinajstić information content (AvgIpc) is 3.22. The standard InChI is InChI=1S/C18H16O4.C13H25NO.C3H6/c1-2-15-18-13-6-4-10(19)7-16(13)21-9-14(18)12-5-3-11(20)8-17(12)22-15;1-3-8-13(2)15-12-11-14-9-6-4-5-7-10-14;1-3-2/h3-8,15,19-20H,2,9H2,1H3;3,8,13H,4-7,9-12H2,1-2H3;3H,1H2,2H3/b;8-3-;. The van der Waals surface area contributed by atoms with E-state index in [0.717, 1.165) is 41.8 Å². The van der Waals surface area contributed by atoms with Gasteiger partial charge in [0.25, 0.3) is 0 Å². The first-order valence-corrected chi connectivity index (χ1v) is 14.6. The van der Waals surface area contributed by atoms with Crippen molar-refractivity contribution in [2.24, 2.45) is 0 Å². The van der Waals surface area contributed by atoms with Gasteiger partial charge in [0.2, 0.25) is 0 Å². The van der Waals surface area contributed by atoms with Gasteiger partial charge in [-0.2, -0.15) is 0 Å². The number of ether oxygens (including phenoxy) is 3. The number of nitrogens with zero attached hydrogens (tertiary/aromatic N) is 1. The maximum atomic E-state index is 9.68. The van der Waals surface area contributed by atoms with Crippen molar-refractivity contribution in [1.82, 2.24) is 4.90 Å². The summed E-state index contributed by atoms with van der Waals surface area (Å²) in [7, 11) is 0. The predicted octanol–water partition coefficient (Wildman–Crippen LogP) is 7.61. The Kier molecular flexibility index (Phi) is 12.6. The van der Waals surface area contributed by atoms with Crippen LogP contribution in [-0.2, 0) is 4.74 Å². The molecule has 0 amide bonds. The number of phenols is 2. The molecule has 0 radical (unpaired) electrons. The smallest absolute Gasteiger partial charge is 0.131 e. The van der Waals surface area contributed by atoms with Crippen LogP contribution in [0.3, 0.4) is 0 Å². The molecule has 0 aromatic heterocycles. The fourth-order valence-electron chi connectivity index (χ4n) is 5.25. The Hall–Kier alpha value is -3.22. The summed E-state index contributed by atoms with van der Waals surface area (Å²) >= 11 is 0. The molecule has 6 nitrogen and oxygen atoms in total. The van der Waals surface area contributed by atoms with E-state index < -0.39 is 0 Å². The van der Waals surface area contributed by atoms with E-state index in [-0.39, 0.29) is 23.7 Å². The van der Waals surface area contributed by atoms with Gasteiger partial charge in [-0.3, -0.25) is 0 Å². The molecule has 40 heavy (non-hydrogen) atoms. The fraction of sp³-hybridized carbons (Fsp3) is 0.471. The lowest BCUT2D eigenvalue weighted by Crippen LogP contribution is -2.29. The third-order valence-electron chi connectivity index (χ3n) is 7.16. The van der Waals surface area contributed by atoms with E-state index in [2.05, 4.69) is 37.5 Å². The van der Waals surface area contributed by atoms with Gasteiger partial charge in [-0.15, -0.1) is 6.58 Å². The van der Waals surface area contributed by atoms with E-state index in [1.54, 1.807) is 30.3 Å². The van der Waals surface area contributed by atoms with Crippen LogP contribution in [0.15, 0.2) is 61.2 Å². The van der Waals surface area contributed by atoms with Crippen LogP contribution in [0.25, 0.3) is 11.1 Å². The minimum Gasteiger partial charge on any atom is -0.508 e. The second kappa shape index (κ2) is 16.1. The highest BCUT2D eigenvalue weighted by molar-refractivity contribution is 5.99. The number of fused-ring (bicyclic) bond motifs is 4. The highest BCUT2D eigenvalue weighted by Crippen LogP contribution is 2.47. The average molecular weight is 550 g/mol. The molecule has 1 fully saturated rings. The SMILES string of the molecule is C/C=C\C(C)OCCN1CCCCCC1.C=CC.CCC1Oc2cc(O)ccc2C2=C1c1ccc(O)cc1OC2. The largest absolute Gasteiger partial charge is 0.508 e. The van der Waals surface area contributed by atoms with Gasteiger partial charge in [0, 0.05) is 41.0 Å². The van der Waals surface area contributed by atoms with Crippen molar-refractivity contribution < 1.29 is 24.4 Å².